The largest absolute Gasteiger partial charge is 0.490 e. The maximum Gasteiger partial charge on any atom is 0.235 e. The van der Waals surface area contributed by atoms with Crippen molar-refractivity contribution in [2.24, 2.45) is 0 Å². The van der Waals surface area contributed by atoms with Gasteiger partial charge in [0.15, 0.2) is 0 Å². The highest BCUT2D eigenvalue weighted by Crippen LogP contribution is 2.30. The Labute approximate surface area is 164 Å². The van der Waals surface area contributed by atoms with Gasteiger partial charge in [0.25, 0.3) is 0 Å². The van der Waals surface area contributed by atoms with Crippen molar-refractivity contribution < 1.29 is 4.74 Å². The summed E-state index contributed by atoms with van der Waals surface area (Å²) in [5, 5.41) is 15.2. The summed E-state index contributed by atoms with van der Waals surface area (Å²) in [6.45, 7) is 4.14. The van der Waals surface area contributed by atoms with Gasteiger partial charge < -0.3 is 4.74 Å². The minimum atomic E-state index is 0.465. The first-order valence-corrected chi connectivity index (χ1v) is 9.56. The highest BCUT2D eigenvalue weighted by atomic mass is 32.1. The molecule has 3 aromatic heterocycles. The average Bonchev–Trinajstić information content (AvgIpc) is 3.33. The van der Waals surface area contributed by atoms with Crippen molar-refractivity contribution in [1.82, 2.24) is 24.8 Å². The molecule has 5 aromatic rings. The minimum Gasteiger partial charge on any atom is -0.490 e. The summed E-state index contributed by atoms with van der Waals surface area (Å²) < 4.78 is 7.37. The van der Waals surface area contributed by atoms with Crippen LogP contribution in [0.5, 0.6) is 5.75 Å². The Morgan fingerprint density at radius 1 is 1.04 bits per heavy atom. The maximum atomic E-state index is 5.62. The average molecular weight is 385 g/mol. The molecule has 0 aliphatic heterocycles. The van der Waals surface area contributed by atoms with Crippen LogP contribution in [0.1, 0.15) is 0 Å². The Bertz CT molecular complexity index is 1310. The van der Waals surface area contributed by atoms with Gasteiger partial charge in [-0.25, -0.2) is 4.98 Å². The second-order valence-corrected chi connectivity index (χ2v) is 7.10. The van der Waals surface area contributed by atoms with E-state index in [1.807, 2.05) is 60.7 Å². The highest BCUT2D eigenvalue weighted by molar-refractivity contribution is 7.19. The zero-order valence-electron chi connectivity index (χ0n) is 14.8. The number of pyridine rings is 1. The van der Waals surface area contributed by atoms with E-state index < -0.39 is 0 Å². The third kappa shape index (κ3) is 2.91. The van der Waals surface area contributed by atoms with Crippen LogP contribution in [0.2, 0.25) is 0 Å². The molecule has 0 N–H and O–H groups in total. The van der Waals surface area contributed by atoms with Crippen molar-refractivity contribution in [2.45, 2.75) is 0 Å². The normalized spacial score (nSPS) is 11.1. The summed E-state index contributed by atoms with van der Waals surface area (Å²) in [6, 6.07) is 19.8. The van der Waals surface area contributed by atoms with Crippen LogP contribution in [-0.4, -0.2) is 31.4 Å². The molecular weight excluding hydrogens is 370 g/mol. The Morgan fingerprint density at radius 2 is 1.96 bits per heavy atom. The summed E-state index contributed by atoms with van der Waals surface area (Å²) in [5.41, 5.74) is 2.62. The van der Waals surface area contributed by atoms with Gasteiger partial charge in [0, 0.05) is 10.9 Å². The number of benzene rings is 2. The fourth-order valence-electron chi connectivity index (χ4n) is 2.96. The van der Waals surface area contributed by atoms with Crippen molar-refractivity contribution in [3.63, 3.8) is 0 Å². The Balaban J connectivity index is 1.56. The molecule has 0 spiro atoms. The number of fused-ring (bicyclic) bond motifs is 2. The number of para-hydroxylation sites is 1. The third-order valence-electron chi connectivity index (χ3n) is 4.27. The number of hydrogen-bond donors (Lipinski definition) is 0. The molecular formula is C21H15N5OS. The molecule has 2 aromatic carbocycles. The van der Waals surface area contributed by atoms with Crippen molar-refractivity contribution in [2.75, 3.05) is 6.61 Å². The molecule has 0 unspecified atom stereocenters. The number of ether oxygens (including phenoxy) is 1. The lowest BCUT2D eigenvalue weighted by atomic mass is 10.2. The second-order valence-electron chi connectivity index (χ2n) is 6.14. The highest BCUT2D eigenvalue weighted by Gasteiger charge is 2.16. The zero-order chi connectivity index (χ0) is 18.9. The third-order valence-corrected chi connectivity index (χ3v) is 5.22. The van der Waals surface area contributed by atoms with Gasteiger partial charge in [0.1, 0.15) is 23.1 Å². The van der Waals surface area contributed by atoms with Crippen molar-refractivity contribution in [3.05, 3.63) is 73.3 Å². The number of aromatic nitrogens is 5. The summed E-state index contributed by atoms with van der Waals surface area (Å²) in [5.74, 6) is 1.40. The molecule has 0 radical (unpaired) electrons. The van der Waals surface area contributed by atoms with Crippen LogP contribution < -0.4 is 4.74 Å². The van der Waals surface area contributed by atoms with Crippen LogP contribution in [0.4, 0.5) is 0 Å². The molecule has 0 aliphatic carbocycles. The van der Waals surface area contributed by atoms with E-state index in [-0.39, 0.29) is 0 Å². The molecule has 6 nitrogen and oxygen atoms in total. The van der Waals surface area contributed by atoms with Crippen LogP contribution in [0.25, 0.3) is 38.0 Å². The van der Waals surface area contributed by atoms with Gasteiger partial charge >= 0.3 is 0 Å². The number of rotatable bonds is 5. The van der Waals surface area contributed by atoms with E-state index in [0.29, 0.717) is 12.4 Å². The molecule has 5 rings (SSSR count). The van der Waals surface area contributed by atoms with E-state index in [4.69, 9.17) is 14.8 Å². The van der Waals surface area contributed by atoms with Crippen LogP contribution in [0, 0.1) is 0 Å². The van der Waals surface area contributed by atoms with Gasteiger partial charge in [-0.05, 0) is 24.3 Å². The fraction of sp³-hybridized carbons (Fsp3) is 0.0476. The first kappa shape index (κ1) is 16.6. The predicted molar refractivity (Wildman–Crippen MR) is 111 cm³/mol. The molecule has 3 heterocycles. The quantitative estimate of drug-likeness (QED) is 0.413. The standard InChI is InChI=1S/C21H15N5OS/c1-2-12-27-16-8-5-7-15(13-16)20-25-26-19(23-24-21(26)28-20)18-11-10-14-6-3-4-9-17(14)22-18/h2-11,13H,1,12H2. The van der Waals surface area contributed by atoms with Gasteiger partial charge in [0.05, 0.1) is 5.52 Å². The second kappa shape index (κ2) is 6.86. The maximum absolute atomic E-state index is 5.62. The zero-order valence-corrected chi connectivity index (χ0v) is 15.6. The van der Waals surface area contributed by atoms with Crippen LogP contribution in [0.15, 0.2) is 73.3 Å². The molecule has 7 heteroatoms. The molecule has 0 saturated carbocycles. The molecule has 136 valence electrons. The minimum absolute atomic E-state index is 0.465. The first-order chi connectivity index (χ1) is 13.8. The monoisotopic (exact) mass is 385 g/mol. The van der Waals surface area contributed by atoms with Crippen molar-refractivity contribution >= 4 is 27.2 Å². The Hall–Kier alpha value is -3.58. The predicted octanol–water partition coefficient (Wildman–Crippen LogP) is 4.63. The Morgan fingerprint density at radius 3 is 2.89 bits per heavy atom. The smallest absolute Gasteiger partial charge is 0.235 e. The molecule has 0 atom stereocenters. The van der Waals surface area contributed by atoms with Gasteiger partial charge in [-0.15, -0.1) is 10.2 Å². The van der Waals surface area contributed by atoms with E-state index in [9.17, 15) is 0 Å². The number of nitrogens with zero attached hydrogens (tertiary/aromatic N) is 5. The summed E-state index contributed by atoms with van der Waals surface area (Å²) in [6.07, 6.45) is 1.72. The molecule has 0 fully saturated rings. The fourth-order valence-corrected chi connectivity index (χ4v) is 3.79. The van der Waals surface area contributed by atoms with Gasteiger partial charge in [0.2, 0.25) is 10.8 Å². The SMILES string of the molecule is C=CCOc1cccc(-c2nn3c(-c4ccc5ccccc5n4)nnc3s2)c1. The molecule has 0 amide bonds. The van der Waals surface area contributed by atoms with Crippen LogP contribution in [-0.2, 0) is 0 Å². The Kier molecular flexibility index (Phi) is 4.06. The van der Waals surface area contributed by atoms with E-state index in [2.05, 4.69) is 16.8 Å². The lowest BCUT2D eigenvalue weighted by Gasteiger charge is -2.04. The van der Waals surface area contributed by atoms with Gasteiger partial charge in [-0.2, -0.15) is 9.61 Å². The topological polar surface area (TPSA) is 65.2 Å². The molecule has 28 heavy (non-hydrogen) atoms. The van der Waals surface area contributed by atoms with Crippen molar-refractivity contribution in [1.29, 1.82) is 0 Å². The van der Waals surface area contributed by atoms with E-state index in [1.54, 1.807) is 10.6 Å². The molecule has 0 saturated heterocycles. The van der Waals surface area contributed by atoms with Gasteiger partial charge in [-0.1, -0.05) is 60.4 Å². The lowest BCUT2D eigenvalue weighted by molar-refractivity contribution is 0.363. The summed E-state index contributed by atoms with van der Waals surface area (Å²) >= 11 is 1.48. The van der Waals surface area contributed by atoms with Crippen LogP contribution in [0.3, 0.4) is 0 Å². The van der Waals surface area contributed by atoms with E-state index in [0.717, 1.165) is 37.9 Å². The van der Waals surface area contributed by atoms with E-state index >= 15 is 0 Å². The summed E-state index contributed by atoms with van der Waals surface area (Å²) in [7, 11) is 0. The molecule has 0 aliphatic rings. The summed E-state index contributed by atoms with van der Waals surface area (Å²) in [4.78, 5) is 5.43. The lowest BCUT2D eigenvalue weighted by Crippen LogP contribution is -1.94. The van der Waals surface area contributed by atoms with E-state index in [1.165, 1.54) is 11.3 Å². The number of hydrogen-bond acceptors (Lipinski definition) is 6. The van der Waals surface area contributed by atoms with Crippen LogP contribution >= 0.6 is 11.3 Å². The van der Waals surface area contributed by atoms with Gasteiger partial charge in [-0.3, -0.25) is 0 Å². The first-order valence-electron chi connectivity index (χ1n) is 8.74. The van der Waals surface area contributed by atoms with Crippen molar-refractivity contribution in [3.8, 4) is 27.8 Å². The molecule has 0 bridgehead atoms.